The van der Waals surface area contributed by atoms with Gasteiger partial charge in [-0.3, -0.25) is 0 Å². The fraction of sp³-hybridized carbons (Fsp3) is 0.286. The zero-order valence-electron chi connectivity index (χ0n) is 8.15. The van der Waals surface area contributed by atoms with Crippen LogP contribution in [0.5, 0.6) is 5.88 Å². The van der Waals surface area contributed by atoms with E-state index in [4.69, 9.17) is 10.9 Å². The molecule has 6 nitrogen and oxygen atoms in total. The molecule has 0 atom stereocenters. The van der Waals surface area contributed by atoms with Gasteiger partial charge in [-0.25, -0.2) is 27.3 Å². The van der Waals surface area contributed by atoms with E-state index < -0.39 is 32.7 Å². The van der Waals surface area contributed by atoms with Crippen molar-refractivity contribution in [3.8, 4) is 5.88 Å². The van der Waals surface area contributed by atoms with E-state index in [9.17, 15) is 17.2 Å². The van der Waals surface area contributed by atoms with Crippen molar-refractivity contribution in [2.45, 2.75) is 11.3 Å². The number of nitrogens with zero attached hydrogens (tertiary/aromatic N) is 1. The maximum atomic E-state index is 12.5. The smallest absolute Gasteiger partial charge is 0.282 e. The molecular weight excluding hydrogens is 244 g/mol. The van der Waals surface area contributed by atoms with Crippen LogP contribution in [0.25, 0.3) is 0 Å². The molecule has 0 saturated carbocycles. The number of nitrogens with two attached hydrogens (primary N) is 2. The largest absolute Gasteiger partial charge is 0.481 e. The maximum Gasteiger partial charge on any atom is 0.282 e. The summed E-state index contributed by atoms with van der Waals surface area (Å²) in [5.74, 6) is -0.298. The van der Waals surface area contributed by atoms with E-state index >= 15 is 0 Å². The highest BCUT2D eigenvalue weighted by atomic mass is 32.2. The maximum absolute atomic E-state index is 12.5. The van der Waals surface area contributed by atoms with E-state index in [0.29, 0.717) is 0 Å². The number of halogens is 2. The Morgan fingerprint density at radius 3 is 2.44 bits per heavy atom. The lowest BCUT2D eigenvalue weighted by Gasteiger charge is -2.10. The van der Waals surface area contributed by atoms with Crippen molar-refractivity contribution in [3.63, 3.8) is 0 Å². The SMILES string of the molecule is COc1cc(S(N)(=O)=O)c(N)c(C(F)F)n1. The van der Waals surface area contributed by atoms with Crippen molar-refractivity contribution in [2.75, 3.05) is 12.8 Å². The third-order valence-electron chi connectivity index (χ3n) is 1.75. The van der Waals surface area contributed by atoms with Crippen LogP contribution in [0, 0.1) is 0 Å². The number of anilines is 1. The van der Waals surface area contributed by atoms with Crippen molar-refractivity contribution >= 4 is 15.7 Å². The van der Waals surface area contributed by atoms with Crippen molar-refractivity contribution in [3.05, 3.63) is 11.8 Å². The summed E-state index contributed by atoms with van der Waals surface area (Å²) >= 11 is 0. The van der Waals surface area contributed by atoms with E-state index in [1.807, 2.05) is 0 Å². The van der Waals surface area contributed by atoms with Crippen LogP contribution in [0.1, 0.15) is 12.1 Å². The number of hydrogen-bond acceptors (Lipinski definition) is 5. The van der Waals surface area contributed by atoms with Crippen molar-refractivity contribution in [2.24, 2.45) is 5.14 Å². The summed E-state index contributed by atoms with van der Waals surface area (Å²) in [6.45, 7) is 0. The monoisotopic (exact) mass is 253 g/mol. The van der Waals surface area contributed by atoms with Crippen LogP contribution in [-0.2, 0) is 10.0 Å². The highest BCUT2D eigenvalue weighted by Gasteiger charge is 2.23. The summed E-state index contributed by atoms with van der Waals surface area (Å²) in [5.41, 5.74) is 3.70. The van der Waals surface area contributed by atoms with E-state index in [-0.39, 0.29) is 5.88 Å². The fourth-order valence-corrected chi connectivity index (χ4v) is 1.71. The molecule has 0 bridgehead atoms. The zero-order valence-corrected chi connectivity index (χ0v) is 8.96. The van der Waals surface area contributed by atoms with Gasteiger partial charge in [0.15, 0.2) is 0 Å². The second-order valence-electron chi connectivity index (χ2n) is 2.81. The topological polar surface area (TPSA) is 108 Å². The Balaban J connectivity index is 3.56. The number of nitrogen functional groups attached to an aromatic ring is 1. The van der Waals surface area contributed by atoms with Crippen LogP contribution in [0.4, 0.5) is 14.5 Å². The van der Waals surface area contributed by atoms with Crippen molar-refractivity contribution < 1.29 is 21.9 Å². The van der Waals surface area contributed by atoms with Gasteiger partial charge in [-0.2, -0.15) is 0 Å². The van der Waals surface area contributed by atoms with E-state index in [2.05, 4.69) is 9.72 Å². The minimum atomic E-state index is -4.20. The molecule has 1 heterocycles. The van der Waals surface area contributed by atoms with Gasteiger partial charge < -0.3 is 10.5 Å². The predicted octanol–water partition coefficient (Wildman–Crippen LogP) is 0.257. The summed E-state index contributed by atoms with van der Waals surface area (Å²) in [6.07, 6.45) is -3.02. The average Bonchev–Trinajstić information content (AvgIpc) is 2.15. The summed E-state index contributed by atoms with van der Waals surface area (Å²) in [5, 5.41) is 4.81. The van der Waals surface area contributed by atoms with Gasteiger partial charge in [0.1, 0.15) is 10.6 Å². The molecule has 0 aliphatic carbocycles. The number of sulfonamides is 1. The summed E-state index contributed by atoms with van der Waals surface area (Å²) in [6, 6.07) is 0.885. The van der Waals surface area contributed by atoms with Crippen LogP contribution in [0.3, 0.4) is 0 Å². The van der Waals surface area contributed by atoms with Gasteiger partial charge in [-0.1, -0.05) is 0 Å². The first-order chi connectivity index (χ1) is 7.27. The Labute approximate surface area is 90.3 Å². The second kappa shape index (κ2) is 4.18. The molecule has 0 amide bonds. The molecule has 0 radical (unpaired) electrons. The number of pyridine rings is 1. The van der Waals surface area contributed by atoms with Crippen molar-refractivity contribution in [1.82, 2.24) is 4.98 Å². The number of aromatic nitrogens is 1. The zero-order chi connectivity index (χ0) is 12.5. The number of rotatable bonds is 3. The molecule has 16 heavy (non-hydrogen) atoms. The summed E-state index contributed by atoms with van der Waals surface area (Å²) < 4.78 is 51.7. The molecule has 0 unspecified atom stereocenters. The first-order valence-electron chi connectivity index (χ1n) is 3.92. The average molecular weight is 253 g/mol. The number of hydrogen-bond donors (Lipinski definition) is 2. The van der Waals surface area contributed by atoms with Crippen LogP contribution < -0.4 is 15.6 Å². The number of methoxy groups -OCH3 is 1. The van der Waals surface area contributed by atoms with Gasteiger partial charge in [-0.15, -0.1) is 0 Å². The van der Waals surface area contributed by atoms with Gasteiger partial charge in [0.25, 0.3) is 6.43 Å². The Kier molecular flexibility index (Phi) is 3.29. The van der Waals surface area contributed by atoms with Crippen LogP contribution in [0.15, 0.2) is 11.0 Å². The Hall–Kier alpha value is -1.48. The summed E-state index contributed by atoms with van der Waals surface area (Å²) in [4.78, 5) is 2.72. The summed E-state index contributed by atoms with van der Waals surface area (Å²) in [7, 11) is -3.05. The molecule has 1 aromatic heterocycles. The molecule has 0 saturated heterocycles. The highest BCUT2D eigenvalue weighted by Crippen LogP contribution is 2.30. The van der Waals surface area contributed by atoms with E-state index in [1.54, 1.807) is 0 Å². The quantitative estimate of drug-likeness (QED) is 0.803. The molecular formula is C7H9F2N3O3S. The van der Waals surface area contributed by atoms with Gasteiger partial charge >= 0.3 is 0 Å². The molecule has 0 spiro atoms. The van der Waals surface area contributed by atoms with Crippen LogP contribution >= 0.6 is 0 Å². The van der Waals surface area contributed by atoms with Crippen LogP contribution in [0.2, 0.25) is 0 Å². The predicted molar refractivity (Wildman–Crippen MR) is 51.5 cm³/mol. The number of primary sulfonamides is 1. The Bertz CT molecular complexity index is 504. The lowest BCUT2D eigenvalue weighted by Crippen LogP contribution is -2.16. The van der Waals surface area contributed by atoms with Crippen LogP contribution in [-0.4, -0.2) is 20.5 Å². The molecule has 9 heteroatoms. The standard InChI is InChI=1S/C7H9F2N3O3S/c1-15-4-2-3(16(11,13)14)5(10)6(12-4)7(8)9/h2,7H,10H2,1H3,(H2,11,13,14). The minimum Gasteiger partial charge on any atom is -0.481 e. The molecule has 0 aliphatic rings. The first-order valence-corrected chi connectivity index (χ1v) is 5.47. The molecule has 4 N–H and O–H groups in total. The van der Waals surface area contributed by atoms with E-state index in [0.717, 1.165) is 13.2 Å². The first kappa shape index (κ1) is 12.6. The third-order valence-corrected chi connectivity index (χ3v) is 2.70. The molecule has 1 rings (SSSR count). The minimum absolute atomic E-state index is 0.298. The Morgan fingerprint density at radius 2 is 2.06 bits per heavy atom. The third kappa shape index (κ3) is 2.36. The van der Waals surface area contributed by atoms with Gasteiger partial charge in [0, 0.05) is 6.07 Å². The van der Waals surface area contributed by atoms with Gasteiger partial charge in [0.05, 0.1) is 12.8 Å². The lowest BCUT2D eigenvalue weighted by molar-refractivity contribution is 0.145. The van der Waals surface area contributed by atoms with Gasteiger partial charge in [-0.05, 0) is 0 Å². The van der Waals surface area contributed by atoms with Crippen molar-refractivity contribution in [1.29, 1.82) is 0 Å². The lowest BCUT2D eigenvalue weighted by atomic mass is 10.3. The normalized spacial score (nSPS) is 11.8. The Morgan fingerprint density at radius 1 is 1.50 bits per heavy atom. The number of alkyl halides is 2. The fourth-order valence-electron chi connectivity index (χ4n) is 1.03. The second-order valence-corrected chi connectivity index (χ2v) is 4.34. The molecule has 0 aromatic carbocycles. The van der Waals surface area contributed by atoms with E-state index in [1.165, 1.54) is 0 Å². The number of ether oxygens (including phenoxy) is 1. The van der Waals surface area contributed by atoms with Gasteiger partial charge in [0.2, 0.25) is 15.9 Å². The molecule has 90 valence electrons. The molecule has 1 aromatic rings. The molecule has 0 fully saturated rings. The highest BCUT2D eigenvalue weighted by molar-refractivity contribution is 7.89. The molecule has 0 aliphatic heterocycles.